The van der Waals surface area contributed by atoms with Gasteiger partial charge in [-0.3, -0.25) is 4.79 Å². The zero-order valence-electron chi connectivity index (χ0n) is 12.0. The van der Waals surface area contributed by atoms with Crippen molar-refractivity contribution < 1.29 is 23.1 Å². The van der Waals surface area contributed by atoms with E-state index in [1.807, 2.05) is 0 Å². The quantitative estimate of drug-likeness (QED) is 0.831. The summed E-state index contributed by atoms with van der Waals surface area (Å²) in [5, 5.41) is 13.8. The number of amides is 1. The minimum Gasteiger partial charge on any atom is -0.385 e. The van der Waals surface area contributed by atoms with Crippen molar-refractivity contribution >= 4 is 5.91 Å². The third-order valence-electron chi connectivity index (χ3n) is 2.98. The molecule has 0 spiro atoms. The van der Waals surface area contributed by atoms with Gasteiger partial charge in [0, 0.05) is 6.42 Å². The molecule has 6 nitrogen and oxygen atoms in total. The number of nitrogens with two attached hydrogens (primary N) is 1. The average molecular weight is 328 g/mol. The van der Waals surface area contributed by atoms with Crippen molar-refractivity contribution in [2.24, 2.45) is 5.73 Å². The van der Waals surface area contributed by atoms with Crippen molar-refractivity contribution in [2.75, 3.05) is 0 Å². The van der Waals surface area contributed by atoms with Crippen LogP contribution in [0.5, 0.6) is 0 Å². The number of nitrogens with zero attached hydrogens (tertiary/aromatic N) is 3. The molecule has 1 heterocycles. The van der Waals surface area contributed by atoms with Crippen molar-refractivity contribution in [3.05, 3.63) is 47.5 Å². The standard InChI is InChI=1S/C14H15F3N4O2/c15-14(16,17)8-21-13(19-12(20-21)7-11(18)23)10(22)6-9-4-2-1-3-5-9/h1-5,10,22H,6-8H2,(H2,18,23)/t10-/m0/s1. The van der Waals surface area contributed by atoms with Gasteiger partial charge >= 0.3 is 6.18 Å². The second-order valence-electron chi connectivity index (χ2n) is 5.01. The fourth-order valence-corrected chi connectivity index (χ4v) is 2.09. The van der Waals surface area contributed by atoms with Crippen molar-refractivity contribution in [3.63, 3.8) is 0 Å². The van der Waals surface area contributed by atoms with Gasteiger partial charge in [-0.05, 0) is 5.56 Å². The van der Waals surface area contributed by atoms with Crippen LogP contribution in [0.1, 0.15) is 23.3 Å². The molecule has 0 unspecified atom stereocenters. The third-order valence-corrected chi connectivity index (χ3v) is 2.98. The number of halogens is 3. The van der Waals surface area contributed by atoms with Crippen LogP contribution in [0.15, 0.2) is 30.3 Å². The summed E-state index contributed by atoms with van der Waals surface area (Å²) in [5.41, 5.74) is 5.73. The molecule has 1 amide bonds. The lowest BCUT2D eigenvalue weighted by Crippen LogP contribution is -2.22. The van der Waals surface area contributed by atoms with E-state index in [2.05, 4.69) is 10.1 Å². The second-order valence-corrected chi connectivity index (χ2v) is 5.01. The number of hydrogen-bond acceptors (Lipinski definition) is 4. The molecule has 0 aliphatic rings. The van der Waals surface area contributed by atoms with E-state index in [1.165, 1.54) is 0 Å². The summed E-state index contributed by atoms with van der Waals surface area (Å²) in [6.07, 6.45) is -6.13. The van der Waals surface area contributed by atoms with Gasteiger partial charge in [-0.15, -0.1) is 0 Å². The molecule has 1 aromatic heterocycles. The zero-order valence-corrected chi connectivity index (χ0v) is 12.0. The van der Waals surface area contributed by atoms with E-state index in [1.54, 1.807) is 30.3 Å². The van der Waals surface area contributed by atoms with Gasteiger partial charge in [0.1, 0.15) is 12.6 Å². The van der Waals surface area contributed by atoms with E-state index in [0.717, 1.165) is 5.56 Å². The number of rotatable bonds is 6. The Kier molecular flexibility index (Phi) is 4.99. The number of aliphatic hydroxyl groups is 1. The number of carbonyl (C=O) groups is 1. The number of carbonyl (C=O) groups excluding carboxylic acids is 1. The Morgan fingerprint density at radius 3 is 2.52 bits per heavy atom. The van der Waals surface area contributed by atoms with Crippen LogP contribution in [0.2, 0.25) is 0 Å². The molecule has 0 fully saturated rings. The lowest BCUT2D eigenvalue weighted by Gasteiger charge is -2.13. The summed E-state index contributed by atoms with van der Waals surface area (Å²) < 4.78 is 38.4. The molecule has 1 aromatic carbocycles. The Hall–Kier alpha value is -2.42. The number of benzene rings is 1. The zero-order chi connectivity index (χ0) is 17.0. The van der Waals surface area contributed by atoms with Crippen molar-refractivity contribution in [2.45, 2.75) is 31.7 Å². The first kappa shape index (κ1) is 16.9. The molecular formula is C14H15F3N4O2. The molecule has 0 radical (unpaired) electrons. The lowest BCUT2D eigenvalue weighted by atomic mass is 10.1. The van der Waals surface area contributed by atoms with Crippen LogP contribution in [0.4, 0.5) is 13.2 Å². The average Bonchev–Trinajstić information content (AvgIpc) is 2.79. The summed E-state index contributed by atoms with van der Waals surface area (Å²) in [7, 11) is 0. The Morgan fingerprint density at radius 1 is 1.30 bits per heavy atom. The highest BCUT2D eigenvalue weighted by molar-refractivity contribution is 5.75. The highest BCUT2D eigenvalue weighted by Gasteiger charge is 2.32. The molecular weight excluding hydrogens is 313 g/mol. The van der Waals surface area contributed by atoms with Crippen LogP contribution >= 0.6 is 0 Å². The smallest absolute Gasteiger partial charge is 0.385 e. The summed E-state index contributed by atoms with van der Waals surface area (Å²) in [6, 6.07) is 8.75. The SMILES string of the molecule is NC(=O)Cc1nc([C@@H](O)Cc2ccccc2)n(CC(F)(F)F)n1. The summed E-state index contributed by atoms with van der Waals surface area (Å²) >= 11 is 0. The van der Waals surface area contributed by atoms with Gasteiger partial charge < -0.3 is 10.8 Å². The predicted molar refractivity (Wildman–Crippen MR) is 74.1 cm³/mol. The minimum atomic E-state index is -4.53. The molecule has 0 aliphatic carbocycles. The van der Waals surface area contributed by atoms with Gasteiger partial charge in [-0.25, -0.2) is 9.67 Å². The fourth-order valence-electron chi connectivity index (χ4n) is 2.09. The first-order chi connectivity index (χ1) is 10.7. The molecule has 3 N–H and O–H groups in total. The largest absolute Gasteiger partial charge is 0.408 e. The number of alkyl halides is 3. The Labute approximate surface area is 129 Å². The van der Waals surface area contributed by atoms with Crippen LogP contribution in [-0.4, -0.2) is 32.0 Å². The van der Waals surface area contributed by atoms with Gasteiger partial charge in [0.25, 0.3) is 0 Å². The number of primary amides is 1. The highest BCUT2D eigenvalue weighted by atomic mass is 19.4. The van der Waals surface area contributed by atoms with Crippen molar-refractivity contribution in [1.82, 2.24) is 14.8 Å². The number of hydrogen-bond donors (Lipinski definition) is 2. The van der Waals surface area contributed by atoms with Crippen LogP contribution in [-0.2, 0) is 24.2 Å². The molecule has 2 rings (SSSR count). The van der Waals surface area contributed by atoms with E-state index in [-0.39, 0.29) is 18.1 Å². The van der Waals surface area contributed by atoms with Crippen molar-refractivity contribution in [1.29, 1.82) is 0 Å². The Morgan fingerprint density at radius 2 is 1.96 bits per heavy atom. The Balaban J connectivity index is 2.26. The minimum absolute atomic E-state index is 0.0768. The summed E-state index contributed by atoms with van der Waals surface area (Å²) in [6.45, 7) is -1.40. The van der Waals surface area contributed by atoms with E-state index in [4.69, 9.17) is 5.73 Å². The maximum Gasteiger partial charge on any atom is 0.408 e. The number of aromatic nitrogens is 3. The molecule has 2 aromatic rings. The molecule has 0 aliphatic heterocycles. The lowest BCUT2D eigenvalue weighted by molar-refractivity contribution is -0.143. The predicted octanol–water partition coefficient (Wildman–Crippen LogP) is 1.14. The topological polar surface area (TPSA) is 94.0 Å². The number of aliphatic hydroxyl groups excluding tert-OH is 1. The second kappa shape index (κ2) is 6.78. The summed E-state index contributed by atoms with van der Waals surface area (Å²) in [4.78, 5) is 14.7. The first-order valence-electron chi connectivity index (χ1n) is 6.75. The van der Waals surface area contributed by atoms with Gasteiger partial charge in [0.2, 0.25) is 5.91 Å². The molecule has 23 heavy (non-hydrogen) atoms. The summed E-state index contributed by atoms with van der Waals surface area (Å²) in [5.74, 6) is -1.16. The molecule has 0 bridgehead atoms. The van der Waals surface area contributed by atoms with Crippen LogP contribution in [0.3, 0.4) is 0 Å². The highest BCUT2D eigenvalue weighted by Crippen LogP contribution is 2.22. The molecule has 0 saturated heterocycles. The maximum absolute atomic E-state index is 12.6. The van der Waals surface area contributed by atoms with E-state index < -0.39 is 31.2 Å². The van der Waals surface area contributed by atoms with Crippen molar-refractivity contribution in [3.8, 4) is 0 Å². The fraction of sp³-hybridized carbons (Fsp3) is 0.357. The molecule has 0 saturated carbocycles. The van der Waals surface area contributed by atoms with Crippen LogP contribution < -0.4 is 5.73 Å². The van der Waals surface area contributed by atoms with E-state index >= 15 is 0 Å². The molecule has 9 heteroatoms. The monoisotopic (exact) mass is 328 g/mol. The molecule has 1 atom stereocenters. The third kappa shape index (κ3) is 5.06. The van der Waals surface area contributed by atoms with Gasteiger partial charge in [0.15, 0.2) is 11.6 Å². The van der Waals surface area contributed by atoms with Gasteiger partial charge in [-0.2, -0.15) is 18.3 Å². The van der Waals surface area contributed by atoms with E-state index in [9.17, 15) is 23.1 Å². The first-order valence-corrected chi connectivity index (χ1v) is 6.75. The van der Waals surface area contributed by atoms with E-state index in [0.29, 0.717) is 4.68 Å². The Bertz CT molecular complexity index is 670. The van der Waals surface area contributed by atoms with Crippen LogP contribution in [0, 0.1) is 0 Å². The van der Waals surface area contributed by atoms with Gasteiger partial charge in [0.05, 0.1) is 6.42 Å². The van der Waals surface area contributed by atoms with Crippen LogP contribution in [0.25, 0.3) is 0 Å². The van der Waals surface area contributed by atoms with Gasteiger partial charge in [-0.1, -0.05) is 30.3 Å². The normalized spacial score (nSPS) is 13.0. The maximum atomic E-state index is 12.6. The molecule has 124 valence electrons.